The molecule has 2 aromatic rings. The standard InChI is InChI=1S/C15H18N4O2/c1-10(18-14(20)12-6-16-7-12)9-19-15(21)13-5-3-2-4-11(13)8-17-19/h2-5,8,10,12,16H,6-7,9H2,1H3,(H,18,20). The van der Waals surface area contributed by atoms with Crippen LogP contribution in [0.2, 0.25) is 0 Å². The van der Waals surface area contributed by atoms with Crippen LogP contribution in [0.15, 0.2) is 35.3 Å². The number of fused-ring (bicyclic) bond motifs is 1. The van der Waals surface area contributed by atoms with E-state index in [0.717, 1.165) is 18.5 Å². The fourth-order valence-corrected chi connectivity index (χ4v) is 2.40. The average Bonchev–Trinajstić information content (AvgIpc) is 2.40. The molecule has 0 bridgehead atoms. The molecule has 0 spiro atoms. The molecular weight excluding hydrogens is 268 g/mol. The van der Waals surface area contributed by atoms with Crippen molar-refractivity contribution in [1.82, 2.24) is 20.4 Å². The summed E-state index contributed by atoms with van der Waals surface area (Å²) >= 11 is 0. The first-order chi connectivity index (χ1) is 10.1. The van der Waals surface area contributed by atoms with Crippen LogP contribution in [0.3, 0.4) is 0 Å². The van der Waals surface area contributed by atoms with Crippen molar-refractivity contribution in [3.8, 4) is 0 Å². The third-order valence-corrected chi connectivity index (χ3v) is 3.75. The van der Waals surface area contributed by atoms with Gasteiger partial charge in [0.2, 0.25) is 5.91 Å². The number of carbonyl (C=O) groups is 1. The zero-order chi connectivity index (χ0) is 14.8. The summed E-state index contributed by atoms with van der Waals surface area (Å²) in [4.78, 5) is 24.2. The Morgan fingerprint density at radius 1 is 1.48 bits per heavy atom. The summed E-state index contributed by atoms with van der Waals surface area (Å²) in [5.74, 6) is 0.0869. The quantitative estimate of drug-likeness (QED) is 0.837. The van der Waals surface area contributed by atoms with E-state index < -0.39 is 0 Å². The minimum atomic E-state index is -0.135. The number of nitrogens with zero attached hydrogens (tertiary/aromatic N) is 2. The maximum atomic E-state index is 12.3. The fourth-order valence-electron chi connectivity index (χ4n) is 2.40. The van der Waals surface area contributed by atoms with E-state index in [-0.39, 0.29) is 23.4 Å². The number of rotatable bonds is 4. The summed E-state index contributed by atoms with van der Waals surface area (Å²) in [5.41, 5.74) is -0.125. The third kappa shape index (κ3) is 2.80. The first kappa shape index (κ1) is 13.8. The Morgan fingerprint density at radius 2 is 2.24 bits per heavy atom. The SMILES string of the molecule is CC(Cn1ncc2ccccc2c1=O)NC(=O)C1CNC1. The van der Waals surface area contributed by atoms with E-state index in [9.17, 15) is 9.59 Å². The second-order valence-corrected chi connectivity index (χ2v) is 5.48. The van der Waals surface area contributed by atoms with Gasteiger partial charge >= 0.3 is 0 Å². The van der Waals surface area contributed by atoms with Crippen LogP contribution < -0.4 is 16.2 Å². The molecule has 1 aliphatic heterocycles. The van der Waals surface area contributed by atoms with Gasteiger partial charge in [-0.1, -0.05) is 18.2 Å². The molecule has 1 aromatic heterocycles. The van der Waals surface area contributed by atoms with Crippen LogP contribution in [0.4, 0.5) is 0 Å². The molecule has 0 saturated carbocycles. The molecular formula is C15H18N4O2. The zero-order valence-corrected chi connectivity index (χ0v) is 11.9. The smallest absolute Gasteiger partial charge is 0.274 e. The summed E-state index contributed by atoms with van der Waals surface area (Å²) in [6.45, 7) is 3.71. The molecule has 2 N–H and O–H groups in total. The molecule has 110 valence electrons. The van der Waals surface area contributed by atoms with Crippen LogP contribution in [-0.4, -0.2) is 34.8 Å². The highest BCUT2D eigenvalue weighted by atomic mass is 16.2. The van der Waals surface area contributed by atoms with Crippen molar-refractivity contribution in [2.75, 3.05) is 13.1 Å². The highest BCUT2D eigenvalue weighted by Crippen LogP contribution is 2.07. The molecule has 6 heteroatoms. The predicted octanol–water partition coefficient (Wildman–Crippen LogP) is 0.121. The molecule has 1 aromatic carbocycles. The van der Waals surface area contributed by atoms with Gasteiger partial charge in [0.25, 0.3) is 5.56 Å². The van der Waals surface area contributed by atoms with Gasteiger partial charge in [0.15, 0.2) is 0 Å². The second kappa shape index (κ2) is 5.65. The molecule has 1 atom stereocenters. The average molecular weight is 286 g/mol. The maximum Gasteiger partial charge on any atom is 0.274 e. The molecule has 1 aliphatic rings. The van der Waals surface area contributed by atoms with Crippen molar-refractivity contribution < 1.29 is 4.79 Å². The highest BCUT2D eigenvalue weighted by molar-refractivity contribution is 5.81. The maximum absolute atomic E-state index is 12.3. The van der Waals surface area contributed by atoms with Gasteiger partial charge in [-0.15, -0.1) is 0 Å². The molecule has 21 heavy (non-hydrogen) atoms. The molecule has 3 rings (SSSR count). The van der Waals surface area contributed by atoms with Crippen molar-refractivity contribution in [1.29, 1.82) is 0 Å². The largest absolute Gasteiger partial charge is 0.351 e. The van der Waals surface area contributed by atoms with Gasteiger partial charge in [-0.05, 0) is 13.0 Å². The van der Waals surface area contributed by atoms with Gasteiger partial charge in [0, 0.05) is 24.5 Å². The van der Waals surface area contributed by atoms with Crippen molar-refractivity contribution in [3.05, 3.63) is 40.8 Å². The summed E-state index contributed by atoms with van der Waals surface area (Å²) in [5, 5.41) is 11.6. The summed E-state index contributed by atoms with van der Waals surface area (Å²) in [6.07, 6.45) is 1.68. The zero-order valence-electron chi connectivity index (χ0n) is 11.9. The van der Waals surface area contributed by atoms with Gasteiger partial charge < -0.3 is 10.6 Å². The lowest BCUT2D eigenvalue weighted by atomic mass is 10.0. The predicted molar refractivity (Wildman–Crippen MR) is 80.0 cm³/mol. The van der Waals surface area contributed by atoms with E-state index in [1.807, 2.05) is 25.1 Å². The fraction of sp³-hybridized carbons (Fsp3) is 0.400. The van der Waals surface area contributed by atoms with E-state index in [4.69, 9.17) is 0 Å². The molecule has 1 fully saturated rings. The topological polar surface area (TPSA) is 76.0 Å². The Kier molecular flexibility index (Phi) is 3.70. The van der Waals surface area contributed by atoms with Crippen molar-refractivity contribution >= 4 is 16.7 Å². The lowest BCUT2D eigenvalue weighted by Crippen LogP contribution is -2.53. The number of benzene rings is 1. The van der Waals surface area contributed by atoms with E-state index in [1.54, 1.807) is 12.3 Å². The van der Waals surface area contributed by atoms with Crippen molar-refractivity contribution in [2.24, 2.45) is 5.92 Å². The molecule has 2 heterocycles. The van der Waals surface area contributed by atoms with E-state index in [2.05, 4.69) is 15.7 Å². The minimum absolute atomic E-state index is 0.0371. The highest BCUT2D eigenvalue weighted by Gasteiger charge is 2.25. The van der Waals surface area contributed by atoms with E-state index >= 15 is 0 Å². The number of aromatic nitrogens is 2. The Bertz CT molecular complexity index is 721. The molecule has 6 nitrogen and oxygen atoms in total. The Labute approximate surface area is 122 Å². The van der Waals surface area contributed by atoms with Crippen LogP contribution in [0.25, 0.3) is 10.8 Å². The van der Waals surface area contributed by atoms with Crippen LogP contribution in [0.1, 0.15) is 6.92 Å². The molecule has 1 amide bonds. The summed E-state index contributed by atoms with van der Waals surface area (Å²) in [6, 6.07) is 7.23. The van der Waals surface area contributed by atoms with Crippen molar-refractivity contribution in [2.45, 2.75) is 19.5 Å². The molecule has 1 unspecified atom stereocenters. The number of hydrogen-bond acceptors (Lipinski definition) is 4. The summed E-state index contributed by atoms with van der Waals surface area (Å²) < 4.78 is 1.41. The Balaban J connectivity index is 1.73. The minimum Gasteiger partial charge on any atom is -0.351 e. The van der Waals surface area contributed by atoms with Crippen LogP contribution in [0, 0.1) is 5.92 Å². The first-order valence-corrected chi connectivity index (χ1v) is 7.11. The van der Waals surface area contributed by atoms with Crippen molar-refractivity contribution in [3.63, 3.8) is 0 Å². The molecule has 0 radical (unpaired) electrons. The van der Waals surface area contributed by atoms with Crippen LogP contribution in [0.5, 0.6) is 0 Å². The number of hydrogen-bond donors (Lipinski definition) is 2. The lowest BCUT2D eigenvalue weighted by molar-refractivity contribution is -0.127. The van der Waals surface area contributed by atoms with Crippen LogP contribution in [-0.2, 0) is 11.3 Å². The van der Waals surface area contributed by atoms with Gasteiger partial charge in [-0.25, -0.2) is 4.68 Å². The van der Waals surface area contributed by atoms with Gasteiger partial charge in [-0.2, -0.15) is 5.10 Å². The lowest BCUT2D eigenvalue weighted by Gasteiger charge is -2.27. The van der Waals surface area contributed by atoms with Gasteiger partial charge in [-0.3, -0.25) is 9.59 Å². The third-order valence-electron chi connectivity index (χ3n) is 3.75. The number of carbonyl (C=O) groups excluding carboxylic acids is 1. The number of nitrogens with one attached hydrogen (secondary N) is 2. The Hall–Kier alpha value is -2.21. The monoisotopic (exact) mass is 286 g/mol. The van der Waals surface area contributed by atoms with Gasteiger partial charge in [0.05, 0.1) is 24.0 Å². The Morgan fingerprint density at radius 3 is 2.95 bits per heavy atom. The van der Waals surface area contributed by atoms with Gasteiger partial charge in [0.1, 0.15) is 0 Å². The van der Waals surface area contributed by atoms with E-state index in [0.29, 0.717) is 11.9 Å². The van der Waals surface area contributed by atoms with E-state index in [1.165, 1.54) is 4.68 Å². The normalized spacial score (nSPS) is 16.4. The summed E-state index contributed by atoms with van der Waals surface area (Å²) in [7, 11) is 0. The van der Waals surface area contributed by atoms with Crippen LogP contribution >= 0.6 is 0 Å². The molecule has 0 aliphatic carbocycles. The first-order valence-electron chi connectivity index (χ1n) is 7.11. The number of amides is 1. The second-order valence-electron chi connectivity index (χ2n) is 5.48. The molecule has 1 saturated heterocycles.